The molecule has 0 spiro atoms. The molecule has 1 saturated carbocycles. The number of nitrogens with zero attached hydrogens (tertiary/aromatic N) is 1. The van der Waals surface area contributed by atoms with Crippen LogP contribution in [0.15, 0.2) is 30.3 Å². The number of nitrogens with one attached hydrogen (secondary N) is 1. The van der Waals surface area contributed by atoms with E-state index in [4.69, 9.17) is 5.73 Å². The maximum atomic E-state index is 12.8. The van der Waals surface area contributed by atoms with Crippen LogP contribution >= 0.6 is 24.8 Å². The number of carbonyl (C=O) groups is 1. The van der Waals surface area contributed by atoms with Gasteiger partial charge in [0, 0.05) is 12.5 Å². The van der Waals surface area contributed by atoms with E-state index in [9.17, 15) is 4.79 Å². The average Bonchev–Trinajstić information content (AvgIpc) is 3.26. The average molecular weight is 388 g/mol. The third kappa shape index (κ3) is 5.85. The summed E-state index contributed by atoms with van der Waals surface area (Å²) < 4.78 is 0. The smallest absolute Gasteiger partial charge is 0.223 e. The van der Waals surface area contributed by atoms with E-state index in [1.54, 1.807) is 0 Å². The van der Waals surface area contributed by atoms with Gasteiger partial charge in [-0.1, -0.05) is 36.8 Å². The highest BCUT2D eigenvalue weighted by Crippen LogP contribution is 2.31. The first-order valence-electron chi connectivity index (χ1n) is 9.05. The lowest BCUT2D eigenvalue weighted by atomic mass is 9.94. The lowest BCUT2D eigenvalue weighted by Crippen LogP contribution is -2.41. The summed E-state index contributed by atoms with van der Waals surface area (Å²) in [7, 11) is 0. The molecule has 2 aliphatic rings. The normalized spacial score (nSPS) is 24.2. The van der Waals surface area contributed by atoms with Crippen LogP contribution in [0.5, 0.6) is 0 Å². The molecule has 3 N–H and O–H groups in total. The molecule has 2 fully saturated rings. The highest BCUT2D eigenvalue weighted by molar-refractivity contribution is 5.85. The summed E-state index contributed by atoms with van der Waals surface area (Å²) in [6.07, 6.45) is 5.75. The quantitative estimate of drug-likeness (QED) is 0.787. The van der Waals surface area contributed by atoms with Crippen molar-refractivity contribution >= 4 is 30.7 Å². The molecular formula is C19H31Cl2N3O. The maximum Gasteiger partial charge on any atom is 0.223 e. The zero-order chi connectivity index (χ0) is 16.1. The number of rotatable bonds is 6. The predicted octanol–water partition coefficient (Wildman–Crippen LogP) is 3.16. The molecule has 0 aromatic heterocycles. The van der Waals surface area contributed by atoms with Gasteiger partial charge in [0.15, 0.2) is 0 Å². The van der Waals surface area contributed by atoms with E-state index in [1.807, 2.05) is 6.07 Å². The Labute approximate surface area is 163 Å². The van der Waals surface area contributed by atoms with Crippen LogP contribution in [-0.4, -0.2) is 37.0 Å². The number of hydrogen-bond acceptors (Lipinski definition) is 3. The molecule has 3 rings (SSSR count). The Morgan fingerprint density at radius 3 is 2.44 bits per heavy atom. The van der Waals surface area contributed by atoms with Crippen molar-refractivity contribution < 1.29 is 4.79 Å². The van der Waals surface area contributed by atoms with Gasteiger partial charge in [-0.05, 0) is 56.8 Å². The molecular weight excluding hydrogens is 357 g/mol. The molecule has 1 unspecified atom stereocenters. The Balaban J connectivity index is 0.00000156. The van der Waals surface area contributed by atoms with Crippen molar-refractivity contribution in [1.82, 2.24) is 10.2 Å². The van der Waals surface area contributed by atoms with Crippen molar-refractivity contribution in [2.24, 2.45) is 17.6 Å². The van der Waals surface area contributed by atoms with Gasteiger partial charge in [0.1, 0.15) is 0 Å². The largest absolute Gasteiger partial charge is 0.348 e. The van der Waals surface area contributed by atoms with Crippen LogP contribution in [0.1, 0.15) is 43.7 Å². The first-order valence-corrected chi connectivity index (χ1v) is 9.05. The molecule has 1 aromatic carbocycles. The number of hydrogen-bond donors (Lipinski definition) is 2. The van der Waals surface area contributed by atoms with E-state index in [-0.39, 0.29) is 42.7 Å². The third-order valence-electron chi connectivity index (χ3n) is 5.46. The van der Waals surface area contributed by atoms with Crippen molar-refractivity contribution in [2.75, 3.05) is 26.2 Å². The van der Waals surface area contributed by atoms with Gasteiger partial charge in [-0.3, -0.25) is 4.79 Å². The lowest BCUT2D eigenvalue weighted by Gasteiger charge is -2.27. The van der Waals surface area contributed by atoms with Gasteiger partial charge in [-0.15, -0.1) is 24.8 Å². The molecule has 1 amide bonds. The summed E-state index contributed by atoms with van der Waals surface area (Å²) in [4.78, 5) is 15.3. The summed E-state index contributed by atoms with van der Waals surface area (Å²) in [6.45, 7) is 3.83. The molecule has 1 aromatic rings. The highest BCUT2D eigenvalue weighted by atomic mass is 35.5. The van der Waals surface area contributed by atoms with Crippen molar-refractivity contribution in [1.29, 1.82) is 0 Å². The molecule has 142 valence electrons. The van der Waals surface area contributed by atoms with Crippen LogP contribution < -0.4 is 11.1 Å². The van der Waals surface area contributed by atoms with Crippen LogP contribution in [0.25, 0.3) is 0 Å². The molecule has 1 aliphatic carbocycles. The summed E-state index contributed by atoms with van der Waals surface area (Å²) in [5.41, 5.74) is 7.05. The zero-order valence-corrected chi connectivity index (χ0v) is 16.4. The van der Waals surface area contributed by atoms with Crippen LogP contribution in [-0.2, 0) is 4.79 Å². The third-order valence-corrected chi connectivity index (χ3v) is 5.46. The Bertz CT molecular complexity index is 509. The first-order chi connectivity index (χ1) is 11.3. The Kier molecular flexibility index (Phi) is 9.80. The monoisotopic (exact) mass is 387 g/mol. The summed E-state index contributed by atoms with van der Waals surface area (Å²) in [6, 6.07) is 10.5. The van der Waals surface area contributed by atoms with Crippen LogP contribution in [0.4, 0.5) is 0 Å². The zero-order valence-electron chi connectivity index (χ0n) is 14.7. The molecule has 6 heteroatoms. The fraction of sp³-hybridized carbons (Fsp3) is 0.632. The van der Waals surface area contributed by atoms with E-state index in [0.717, 1.165) is 38.9 Å². The van der Waals surface area contributed by atoms with Gasteiger partial charge >= 0.3 is 0 Å². The SMILES string of the molecule is Cl.Cl.NC[C@H]1CCC[C@H]1C(=O)NC(CN1CCCC1)c1ccccc1. The van der Waals surface area contributed by atoms with Gasteiger partial charge in [-0.25, -0.2) is 0 Å². The molecule has 3 atom stereocenters. The molecule has 25 heavy (non-hydrogen) atoms. The van der Waals surface area contributed by atoms with E-state index in [1.165, 1.54) is 18.4 Å². The van der Waals surface area contributed by atoms with Crippen molar-refractivity contribution in [3.63, 3.8) is 0 Å². The Morgan fingerprint density at radius 1 is 1.12 bits per heavy atom. The number of amides is 1. The number of likely N-dealkylation sites (tertiary alicyclic amines) is 1. The topological polar surface area (TPSA) is 58.4 Å². The summed E-state index contributed by atoms with van der Waals surface area (Å²) in [5, 5.41) is 3.33. The van der Waals surface area contributed by atoms with E-state index in [2.05, 4.69) is 34.5 Å². The van der Waals surface area contributed by atoms with Gasteiger partial charge in [0.2, 0.25) is 5.91 Å². The van der Waals surface area contributed by atoms with E-state index < -0.39 is 0 Å². The fourth-order valence-electron chi connectivity index (χ4n) is 4.09. The molecule has 4 nitrogen and oxygen atoms in total. The summed E-state index contributed by atoms with van der Waals surface area (Å²) in [5.74, 6) is 0.661. The number of carbonyl (C=O) groups excluding carboxylic acids is 1. The molecule has 1 saturated heterocycles. The van der Waals surface area contributed by atoms with Crippen molar-refractivity contribution in [2.45, 2.75) is 38.1 Å². The van der Waals surface area contributed by atoms with E-state index in [0.29, 0.717) is 12.5 Å². The fourth-order valence-corrected chi connectivity index (χ4v) is 4.09. The van der Waals surface area contributed by atoms with Crippen LogP contribution in [0, 0.1) is 11.8 Å². The van der Waals surface area contributed by atoms with Crippen LogP contribution in [0.3, 0.4) is 0 Å². The van der Waals surface area contributed by atoms with Crippen LogP contribution in [0.2, 0.25) is 0 Å². The predicted molar refractivity (Wildman–Crippen MR) is 107 cm³/mol. The Morgan fingerprint density at radius 2 is 1.80 bits per heavy atom. The van der Waals surface area contributed by atoms with E-state index >= 15 is 0 Å². The minimum absolute atomic E-state index is 0. The molecule has 0 bridgehead atoms. The summed E-state index contributed by atoms with van der Waals surface area (Å²) >= 11 is 0. The second kappa shape index (κ2) is 11.0. The van der Waals surface area contributed by atoms with Gasteiger partial charge < -0.3 is 16.0 Å². The molecule has 1 aliphatic heterocycles. The standard InChI is InChI=1S/C19H29N3O.2ClH/c20-13-16-9-6-10-17(16)19(23)21-18(14-22-11-4-5-12-22)15-7-2-1-3-8-15;;/h1-3,7-8,16-18H,4-6,9-14,20H2,(H,21,23);2*1H/t16-,17-,18?;;/m1../s1. The second-order valence-electron chi connectivity index (χ2n) is 7.01. The minimum Gasteiger partial charge on any atom is -0.348 e. The minimum atomic E-state index is 0. The van der Waals surface area contributed by atoms with Gasteiger partial charge in [0.05, 0.1) is 6.04 Å². The number of halogens is 2. The highest BCUT2D eigenvalue weighted by Gasteiger charge is 2.33. The van der Waals surface area contributed by atoms with Crippen molar-refractivity contribution in [3.05, 3.63) is 35.9 Å². The van der Waals surface area contributed by atoms with Crippen molar-refractivity contribution in [3.8, 4) is 0 Å². The first kappa shape index (κ1) is 22.2. The Hall–Kier alpha value is -0.810. The maximum absolute atomic E-state index is 12.8. The number of nitrogens with two attached hydrogens (primary N) is 1. The lowest BCUT2D eigenvalue weighted by molar-refractivity contribution is -0.126. The molecule has 1 heterocycles. The second-order valence-corrected chi connectivity index (χ2v) is 7.01. The number of benzene rings is 1. The van der Waals surface area contributed by atoms with Gasteiger partial charge in [-0.2, -0.15) is 0 Å². The van der Waals surface area contributed by atoms with Gasteiger partial charge in [0.25, 0.3) is 0 Å². The molecule has 0 radical (unpaired) electrons.